The number of carbonyl (C=O) groups is 1. The average Bonchev–Trinajstić information content (AvgIpc) is 2.26. The highest BCUT2D eigenvalue weighted by Gasteiger charge is 2.44. The van der Waals surface area contributed by atoms with Crippen LogP contribution in [0.3, 0.4) is 0 Å². The molecule has 1 rings (SSSR count). The van der Waals surface area contributed by atoms with Crippen molar-refractivity contribution in [3.8, 4) is 0 Å². The van der Waals surface area contributed by atoms with Gasteiger partial charge < -0.3 is 0 Å². The Balaban J connectivity index is 2.60. The summed E-state index contributed by atoms with van der Waals surface area (Å²) in [5.41, 5.74) is 0. The van der Waals surface area contributed by atoms with Gasteiger partial charge in [0.2, 0.25) is 5.91 Å². The van der Waals surface area contributed by atoms with Gasteiger partial charge in [-0.15, -0.1) is 0 Å². The Morgan fingerprint density at radius 2 is 2.00 bits per heavy atom. The maximum Gasteiger partial charge on any atom is 0.391 e. The number of halogens is 3. The summed E-state index contributed by atoms with van der Waals surface area (Å²) >= 11 is 0. The van der Waals surface area contributed by atoms with E-state index in [1.54, 1.807) is 0 Å². The van der Waals surface area contributed by atoms with Crippen LogP contribution in [0, 0.1) is 11.8 Å². The van der Waals surface area contributed by atoms with Crippen molar-refractivity contribution in [2.45, 2.75) is 31.9 Å². The number of hydrogen-bond donors (Lipinski definition) is 0. The molecular weight excluding hydrogens is 223 g/mol. The Kier molecular flexibility index (Phi) is 4.18. The molecule has 0 aromatic rings. The first-order valence-electron chi connectivity index (χ1n) is 5.24. The van der Waals surface area contributed by atoms with Crippen molar-refractivity contribution in [1.82, 2.24) is 5.06 Å². The summed E-state index contributed by atoms with van der Waals surface area (Å²) in [5, 5.41) is 1.00. The SMILES string of the molecule is CON(C)C(=O)[C@@H]1CCC[C@H](C(F)(F)F)C1. The highest BCUT2D eigenvalue weighted by Crippen LogP contribution is 2.40. The summed E-state index contributed by atoms with van der Waals surface area (Å²) < 4.78 is 37.5. The molecule has 1 aliphatic rings. The quantitative estimate of drug-likeness (QED) is 0.692. The second kappa shape index (κ2) is 5.03. The molecule has 94 valence electrons. The number of hydroxylamine groups is 2. The molecular formula is C10H16F3NO2. The van der Waals surface area contributed by atoms with Gasteiger partial charge in [-0.05, 0) is 19.3 Å². The van der Waals surface area contributed by atoms with Crippen molar-refractivity contribution in [2.24, 2.45) is 11.8 Å². The zero-order valence-electron chi connectivity index (χ0n) is 9.38. The molecule has 0 saturated heterocycles. The summed E-state index contributed by atoms with van der Waals surface area (Å²) in [6.07, 6.45) is -3.22. The van der Waals surface area contributed by atoms with Gasteiger partial charge in [-0.3, -0.25) is 9.63 Å². The van der Waals surface area contributed by atoms with Crippen molar-refractivity contribution < 1.29 is 22.8 Å². The van der Waals surface area contributed by atoms with Gasteiger partial charge in [0.25, 0.3) is 0 Å². The fourth-order valence-corrected chi connectivity index (χ4v) is 2.06. The zero-order chi connectivity index (χ0) is 12.3. The first-order valence-corrected chi connectivity index (χ1v) is 5.24. The number of carbonyl (C=O) groups excluding carboxylic acids is 1. The zero-order valence-corrected chi connectivity index (χ0v) is 9.38. The lowest BCUT2D eigenvalue weighted by molar-refractivity contribution is -0.194. The molecule has 6 heteroatoms. The number of nitrogens with zero attached hydrogens (tertiary/aromatic N) is 1. The number of rotatable bonds is 2. The molecule has 0 aliphatic heterocycles. The summed E-state index contributed by atoms with van der Waals surface area (Å²) in [7, 11) is 2.74. The lowest BCUT2D eigenvalue weighted by Gasteiger charge is -2.31. The van der Waals surface area contributed by atoms with Crippen LogP contribution < -0.4 is 0 Å². The van der Waals surface area contributed by atoms with E-state index in [4.69, 9.17) is 0 Å². The second-order valence-corrected chi connectivity index (χ2v) is 4.12. The molecule has 2 atom stereocenters. The van der Waals surface area contributed by atoms with E-state index in [9.17, 15) is 18.0 Å². The largest absolute Gasteiger partial charge is 0.391 e. The smallest absolute Gasteiger partial charge is 0.275 e. The molecule has 0 unspecified atom stereocenters. The van der Waals surface area contributed by atoms with Gasteiger partial charge in [-0.25, -0.2) is 5.06 Å². The molecule has 0 aromatic heterocycles. The third-order valence-electron chi connectivity index (χ3n) is 3.07. The van der Waals surface area contributed by atoms with Gasteiger partial charge in [0.1, 0.15) is 0 Å². The molecule has 0 radical (unpaired) electrons. The summed E-state index contributed by atoms with van der Waals surface area (Å²) in [6, 6.07) is 0. The van der Waals surface area contributed by atoms with Gasteiger partial charge in [0.15, 0.2) is 0 Å². The Morgan fingerprint density at radius 3 is 2.50 bits per heavy atom. The summed E-state index contributed by atoms with van der Waals surface area (Å²) in [6.45, 7) is 0. The molecule has 1 fully saturated rings. The average molecular weight is 239 g/mol. The molecule has 0 bridgehead atoms. The summed E-state index contributed by atoms with van der Waals surface area (Å²) in [4.78, 5) is 16.3. The fourth-order valence-electron chi connectivity index (χ4n) is 2.06. The lowest BCUT2D eigenvalue weighted by atomic mass is 9.80. The predicted octanol–water partition coefficient (Wildman–Crippen LogP) is 2.37. The minimum atomic E-state index is -4.19. The Hall–Kier alpha value is -0.780. The number of hydrogen-bond acceptors (Lipinski definition) is 2. The minimum Gasteiger partial charge on any atom is -0.275 e. The van der Waals surface area contributed by atoms with Gasteiger partial charge >= 0.3 is 6.18 Å². The highest BCUT2D eigenvalue weighted by atomic mass is 19.4. The Bertz CT molecular complexity index is 255. The van der Waals surface area contributed by atoms with Crippen LogP contribution in [0.5, 0.6) is 0 Å². The topological polar surface area (TPSA) is 29.5 Å². The molecule has 16 heavy (non-hydrogen) atoms. The molecule has 0 aromatic carbocycles. The Morgan fingerprint density at radius 1 is 1.38 bits per heavy atom. The predicted molar refractivity (Wildman–Crippen MR) is 51.3 cm³/mol. The van der Waals surface area contributed by atoms with Crippen LogP contribution in [-0.2, 0) is 9.63 Å². The van der Waals surface area contributed by atoms with E-state index in [1.807, 2.05) is 0 Å². The highest BCUT2D eigenvalue weighted by molar-refractivity contribution is 5.77. The van der Waals surface area contributed by atoms with Crippen LogP contribution in [0.25, 0.3) is 0 Å². The van der Waals surface area contributed by atoms with Crippen LogP contribution in [-0.4, -0.2) is 31.3 Å². The van der Waals surface area contributed by atoms with E-state index < -0.39 is 18.0 Å². The maximum absolute atomic E-state index is 12.5. The molecule has 3 nitrogen and oxygen atoms in total. The Labute approximate surface area is 92.5 Å². The van der Waals surface area contributed by atoms with E-state index in [-0.39, 0.29) is 18.7 Å². The van der Waals surface area contributed by atoms with E-state index in [2.05, 4.69) is 4.84 Å². The van der Waals surface area contributed by atoms with Crippen molar-refractivity contribution in [1.29, 1.82) is 0 Å². The van der Waals surface area contributed by atoms with Gasteiger partial charge in [0.05, 0.1) is 13.0 Å². The normalized spacial score (nSPS) is 26.6. The second-order valence-electron chi connectivity index (χ2n) is 4.12. The van der Waals surface area contributed by atoms with E-state index in [0.29, 0.717) is 12.8 Å². The van der Waals surface area contributed by atoms with Crippen molar-refractivity contribution >= 4 is 5.91 Å². The molecule has 1 aliphatic carbocycles. The number of alkyl halides is 3. The van der Waals surface area contributed by atoms with Crippen LogP contribution in [0.15, 0.2) is 0 Å². The minimum absolute atomic E-state index is 0.115. The first-order chi connectivity index (χ1) is 7.36. The van der Waals surface area contributed by atoms with Gasteiger partial charge in [-0.1, -0.05) is 6.42 Å². The van der Waals surface area contributed by atoms with Gasteiger partial charge in [-0.2, -0.15) is 13.2 Å². The third kappa shape index (κ3) is 3.10. The molecule has 0 spiro atoms. The van der Waals surface area contributed by atoms with Crippen LogP contribution in [0.4, 0.5) is 13.2 Å². The van der Waals surface area contributed by atoms with E-state index in [0.717, 1.165) is 5.06 Å². The van der Waals surface area contributed by atoms with E-state index in [1.165, 1.54) is 14.2 Å². The fraction of sp³-hybridized carbons (Fsp3) is 0.900. The van der Waals surface area contributed by atoms with Crippen LogP contribution in [0.1, 0.15) is 25.7 Å². The molecule has 1 saturated carbocycles. The van der Waals surface area contributed by atoms with Crippen molar-refractivity contribution in [3.63, 3.8) is 0 Å². The molecule has 1 amide bonds. The standard InChI is InChI=1S/C10H16F3NO2/c1-14(16-2)9(15)7-4-3-5-8(6-7)10(11,12)13/h7-8H,3-6H2,1-2H3/t7-,8+/m1/s1. The van der Waals surface area contributed by atoms with Crippen LogP contribution >= 0.6 is 0 Å². The number of amides is 1. The molecule has 0 heterocycles. The third-order valence-corrected chi connectivity index (χ3v) is 3.07. The van der Waals surface area contributed by atoms with E-state index >= 15 is 0 Å². The maximum atomic E-state index is 12.5. The van der Waals surface area contributed by atoms with Crippen molar-refractivity contribution in [2.75, 3.05) is 14.2 Å². The van der Waals surface area contributed by atoms with Crippen LogP contribution in [0.2, 0.25) is 0 Å². The monoisotopic (exact) mass is 239 g/mol. The summed E-state index contributed by atoms with van der Waals surface area (Å²) in [5.74, 6) is -2.28. The van der Waals surface area contributed by atoms with Crippen molar-refractivity contribution in [3.05, 3.63) is 0 Å². The lowest BCUT2D eigenvalue weighted by Crippen LogP contribution is -2.37. The van der Waals surface area contributed by atoms with Gasteiger partial charge in [0, 0.05) is 13.0 Å². The first kappa shape index (κ1) is 13.3. The molecule has 0 N–H and O–H groups in total.